The average Bonchev–Trinajstić information content (AvgIpc) is 2.46. The molecule has 0 spiro atoms. The fourth-order valence-electron chi connectivity index (χ4n) is 1.46. The highest BCUT2D eigenvalue weighted by molar-refractivity contribution is 5.16. The highest BCUT2D eigenvalue weighted by Gasteiger charge is 2.12. The van der Waals surface area contributed by atoms with Crippen molar-refractivity contribution in [2.45, 2.75) is 46.0 Å². The molecule has 2 heteroatoms. The topological polar surface area (TPSA) is 17.8 Å². The van der Waals surface area contributed by atoms with Gasteiger partial charge in [0.25, 0.3) is 0 Å². The Bertz CT molecular complexity index is 274. The van der Waals surface area contributed by atoms with Crippen LogP contribution in [0.15, 0.2) is 6.07 Å². The zero-order chi connectivity index (χ0) is 10.0. The van der Waals surface area contributed by atoms with Crippen LogP contribution in [-0.4, -0.2) is 9.78 Å². The van der Waals surface area contributed by atoms with Crippen LogP contribution in [0.4, 0.5) is 0 Å². The first kappa shape index (κ1) is 10.3. The van der Waals surface area contributed by atoms with Gasteiger partial charge in [0.15, 0.2) is 0 Å². The van der Waals surface area contributed by atoms with Crippen molar-refractivity contribution in [3.05, 3.63) is 17.5 Å². The highest BCUT2D eigenvalue weighted by atomic mass is 15.3. The lowest BCUT2D eigenvalue weighted by Gasteiger charge is -2.07. The van der Waals surface area contributed by atoms with E-state index in [1.54, 1.807) is 0 Å². The molecule has 0 amide bonds. The second-order valence-electron chi connectivity index (χ2n) is 4.08. The van der Waals surface area contributed by atoms with Gasteiger partial charge in [0.2, 0.25) is 0 Å². The molecule has 0 saturated carbocycles. The van der Waals surface area contributed by atoms with Gasteiger partial charge in [0, 0.05) is 12.7 Å². The molecule has 0 aliphatic rings. The molecular weight excluding hydrogens is 160 g/mol. The monoisotopic (exact) mass is 180 g/mol. The predicted molar refractivity (Wildman–Crippen MR) is 56.0 cm³/mol. The van der Waals surface area contributed by atoms with Gasteiger partial charge < -0.3 is 0 Å². The first-order valence-electron chi connectivity index (χ1n) is 5.10. The standard InChI is InChI=1S/C11H20N2/c1-6-9(4)11-7-10(8(2)3)12-13(11)5/h7-9H,6H2,1-5H3. The molecule has 0 aliphatic carbocycles. The molecule has 0 saturated heterocycles. The summed E-state index contributed by atoms with van der Waals surface area (Å²) in [5.41, 5.74) is 2.56. The lowest BCUT2D eigenvalue weighted by atomic mass is 10.0. The van der Waals surface area contributed by atoms with E-state index in [1.165, 1.54) is 17.8 Å². The molecule has 0 bridgehead atoms. The summed E-state index contributed by atoms with van der Waals surface area (Å²) < 4.78 is 2.02. The highest BCUT2D eigenvalue weighted by Crippen LogP contribution is 2.22. The Morgan fingerprint density at radius 1 is 1.38 bits per heavy atom. The summed E-state index contributed by atoms with van der Waals surface area (Å²) in [7, 11) is 2.04. The number of hydrogen-bond donors (Lipinski definition) is 0. The quantitative estimate of drug-likeness (QED) is 0.699. The molecule has 0 fully saturated rings. The summed E-state index contributed by atoms with van der Waals surface area (Å²) >= 11 is 0. The first-order chi connectivity index (χ1) is 6.06. The van der Waals surface area contributed by atoms with E-state index in [4.69, 9.17) is 0 Å². The SMILES string of the molecule is CCC(C)c1cc(C(C)C)nn1C. The molecule has 0 aliphatic heterocycles. The van der Waals surface area contributed by atoms with Gasteiger partial charge in [-0.05, 0) is 24.3 Å². The Morgan fingerprint density at radius 3 is 2.38 bits per heavy atom. The maximum atomic E-state index is 4.50. The fourth-order valence-corrected chi connectivity index (χ4v) is 1.46. The van der Waals surface area contributed by atoms with Crippen LogP contribution in [0.25, 0.3) is 0 Å². The van der Waals surface area contributed by atoms with E-state index in [1.807, 2.05) is 11.7 Å². The van der Waals surface area contributed by atoms with E-state index in [0.29, 0.717) is 11.8 Å². The number of rotatable bonds is 3. The van der Waals surface area contributed by atoms with Crippen molar-refractivity contribution in [2.24, 2.45) is 7.05 Å². The minimum absolute atomic E-state index is 0.531. The molecule has 1 unspecified atom stereocenters. The molecule has 13 heavy (non-hydrogen) atoms. The zero-order valence-electron chi connectivity index (χ0n) is 9.33. The minimum atomic E-state index is 0.531. The van der Waals surface area contributed by atoms with E-state index in [9.17, 15) is 0 Å². The van der Waals surface area contributed by atoms with Gasteiger partial charge in [-0.2, -0.15) is 5.10 Å². The van der Waals surface area contributed by atoms with Crippen molar-refractivity contribution in [3.63, 3.8) is 0 Å². The van der Waals surface area contributed by atoms with Crippen LogP contribution in [-0.2, 0) is 7.05 Å². The Morgan fingerprint density at radius 2 is 2.00 bits per heavy atom. The van der Waals surface area contributed by atoms with Crippen molar-refractivity contribution in [1.82, 2.24) is 9.78 Å². The molecule has 1 aromatic rings. The van der Waals surface area contributed by atoms with Crippen LogP contribution in [0.5, 0.6) is 0 Å². The Balaban J connectivity index is 2.96. The molecule has 0 N–H and O–H groups in total. The van der Waals surface area contributed by atoms with E-state index in [-0.39, 0.29) is 0 Å². The Kier molecular flexibility index (Phi) is 3.12. The molecular formula is C11H20N2. The molecule has 0 aromatic carbocycles. The summed E-state index contributed by atoms with van der Waals surface area (Å²) in [4.78, 5) is 0. The minimum Gasteiger partial charge on any atom is -0.272 e. The van der Waals surface area contributed by atoms with Crippen molar-refractivity contribution in [2.75, 3.05) is 0 Å². The first-order valence-corrected chi connectivity index (χ1v) is 5.10. The molecule has 0 radical (unpaired) electrons. The maximum Gasteiger partial charge on any atom is 0.0652 e. The number of aryl methyl sites for hydroxylation is 1. The Hall–Kier alpha value is -0.790. The molecule has 74 valence electrons. The lowest BCUT2D eigenvalue weighted by Crippen LogP contribution is -2.01. The van der Waals surface area contributed by atoms with Crippen LogP contribution in [0, 0.1) is 0 Å². The van der Waals surface area contributed by atoms with Gasteiger partial charge in [-0.3, -0.25) is 4.68 Å². The molecule has 1 rings (SSSR count). The third-order valence-electron chi connectivity index (χ3n) is 2.64. The predicted octanol–water partition coefficient (Wildman–Crippen LogP) is 3.06. The van der Waals surface area contributed by atoms with Crippen molar-refractivity contribution in [3.8, 4) is 0 Å². The van der Waals surface area contributed by atoms with Gasteiger partial charge in [0.05, 0.1) is 5.69 Å². The van der Waals surface area contributed by atoms with Crippen molar-refractivity contribution >= 4 is 0 Å². The normalized spacial score (nSPS) is 13.7. The van der Waals surface area contributed by atoms with Crippen LogP contribution in [0.2, 0.25) is 0 Å². The fraction of sp³-hybridized carbons (Fsp3) is 0.727. The summed E-state index contributed by atoms with van der Waals surface area (Å²) in [5, 5.41) is 4.50. The van der Waals surface area contributed by atoms with Crippen molar-refractivity contribution < 1.29 is 0 Å². The average molecular weight is 180 g/mol. The maximum absolute atomic E-state index is 4.50. The summed E-state index contributed by atoms with van der Waals surface area (Å²) in [6, 6.07) is 2.23. The lowest BCUT2D eigenvalue weighted by molar-refractivity contribution is 0.617. The second-order valence-corrected chi connectivity index (χ2v) is 4.08. The van der Waals surface area contributed by atoms with E-state index >= 15 is 0 Å². The van der Waals surface area contributed by atoms with Crippen molar-refractivity contribution in [1.29, 1.82) is 0 Å². The summed E-state index contributed by atoms with van der Waals surface area (Å²) in [6.45, 7) is 8.83. The van der Waals surface area contributed by atoms with Crippen LogP contribution in [0.1, 0.15) is 57.3 Å². The summed E-state index contributed by atoms with van der Waals surface area (Å²) in [5.74, 6) is 1.15. The zero-order valence-corrected chi connectivity index (χ0v) is 9.33. The summed E-state index contributed by atoms with van der Waals surface area (Å²) in [6.07, 6.45) is 1.18. The van der Waals surface area contributed by atoms with Gasteiger partial charge in [-0.25, -0.2) is 0 Å². The smallest absolute Gasteiger partial charge is 0.0652 e. The van der Waals surface area contributed by atoms with Crippen LogP contribution < -0.4 is 0 Å². The van der Waals surface area contributed by atoms with Crippen LogP contribution >= 0.6 is 0 Å². The van der Waals surface area contributed by atoms with Gasteiger partial charge in [0.1, 0.15) is 0 Å². The number of nitrogens with zero attached hydrogens (tertiary/aromatic N) is 2. The second kappa shape index (κ2) is 3.95. The molecule has 1 atom stereocenters. The van der Waals surface area contributed by atoms with E-state index in [0.717, 1.165) is 0 Å². The molecule has 2 nitrogen and oxygen atoms in total. The third-order valence-corrected chi connectivity index (χ3v) is 2.64. The molecule has 1 heterocycles. The van der Waals surface area contributed by atoms with Gasteiger partial charge >= 0.3 is 0 Å². The van der Waals surface area contributed by atoms with Crippen LogP contribution in [0.3, 0.4) is 0 Å². The largest absolute Gasteiger partial charge is 0.272 e. The van der Waals surface area contributed by atoms with Gasteiger partial charge in [-0.1, -0.05) is 27.7 Å². The van der Waals surface area contributed by atoms with Gasteiger partial charge in [-0.15, -0.1) is 0 Å². The number of hydrogen-bond acceptors (Lipinski definition) is 1. The third kappa shape index (κ3) is 2.11. The van der Waals surface area contributed by atoms with E-state index in [2.05, 4.69) is 38.9 Å². The van der Waals surface area contributed by atoms with E-state index < -0.39 is 0 Å². The Labute approximate surface area is 81.0 Å². The number of aromatic nitrogens is 2. The molecule has 1 aromatic heterocycles.